The van der Waals surface area contributed by atoms with Crippen LogP contribution in [0, 0.1) is 0 Å². The second-order valence-electron chi connectivity index (χ2n) is 13.0. The van der Waals surface area contributed by atoms with E-state index in [2.05, 4.69) is 146 Å². The van der Waals surface area contributed by atoms with Crippen LogP contribution in [-0.2, 0) is 5.41 Å². The lowest BCUT2D eigenvalue weighted by molar-refractivity contribution is 0.658. The van der Waals surface area contributed by atoms with E-state index in [4.69, 9.17) is 14.4 Å². The summed E-state index contributed by atoms with van der Waals surface area (Å²) in [4.78, 5) is 10.6. The first kappa shape index (κ1) is 26.2. The van der Waals surface area contributed by atoms with E-state index in [0.717, 1.165) is 67.0 Å². The minimum absolute atomic E-state index is 0.207. The van der Waals surface area contributed by atoms with Gasteiger partial charge in [-0.25, -0.2) is 9.97 Å². The fraction of sp³-hybridized carbons (Fsp3) is 0.0698. The van der Waals surface area contributed by atoms with Gasteiger partial charge in [0.05, 0.1) is 22.4 Å². The summed E-state index contributed by atoms with van der Waals surface area (Å²) in [5.41, 5.74) is 12.8. The molecular weight excluding hydrogens is 574 g/mol. The van der Waals surface area contributed by atoms with E-state index in [1.165, 1.54) is 27.5 Å². The highest BCUT2D eigenvalue weighted by atomic mass is 16.3. The van der Waals surface area contributed by atoms with Gasteiger partial charge in [0.1, 0.15) is 11.2 Å². The molecule has 0 amide bonds. The van der Waals surface area contributed by atoms with Gasteiger partial charge in [0, 0.05) is 54.9 Å². The van der Waals surface area contributed by atoms with E-state index in [1.807, 2.05) is 12.1 Å². The van der Waals surface area contributed by atoms with Crippen molar-refractivity contribution in [1.29, 1.82) is 0 Å². The Balaban J connectivity index is 1.17. The zero-order chi connectivity index (χ0) is 31.3. The number of nitrogens with zero attached hydrogens (tertiary/aromatic N) is 3. The van der Waals surface area contributed by atoms with Gasteiger partial charge in [0.25, 0.3) is 0 Å². The van der Waals surface area contributed by atoms with Crippen LogP contribution in [0.4, 0.5) is 0 Å². The Labute approximate surface area is 271 Å². The van der Waals surface area contributed by atoms with E-state index in [1.54, 1.807) is 0 Å². The number of aromatic nitrogens is 3. The van der Waals surface area contributed by atoms with Crippen LogP contribution < -0.4 is 0 Å². The molecule has 0 aliphatic heterocycles. The summed E-state index contributed by atoms with van der Waals surface area (Å²) in [6.07, 6.45) is 0. The van der Waals surface area contributed by atoms with Crippen molar-refractivity contribution < 1.29 is 4.42 Å². The molecule has 0 N–H and O–H groups in total. The van der Waals surface area contributed by atoms with Gasteiger partial charge in [-0.1, -0.05) is 105 Å². The first-order chi connectivity index (χ1) is 23.1. The molecule has 0 saturated heterocycles. The first-order valence-corrected chi connectivity index (χ1v) is 16.1. The fourth-order valence-corrected chi connectivity index (χ4v) is 7.78. The standard InChI is InChI=1S/C43H29N3O/c1-43(2)34-17-9-6-16-31(34)41-39(43)40(26-12-4-3-5-13-26)44-42(45-41)27-20-22-28(23-21-27)46-35-18-10-7-14-29(35)32-25-38-33(24-36(32)46)30-15-8-11-19-37(30)47-38/h3-25H,1-2H3. The van der Waals surface area contributed by atoms with Gasteiger partial charge >= 0.3 is 0 Å². The van der Waals surface area contributed by atoms with Crippen LogP contribution in [0.2, 0.25) is 0 Å². The summed E-state index contributed by atoms with van der Waals surface area (Å²) < 4.78 is 8.63. The number of furan rings is 1. The van der Waals surface area contributed by atoms with Crippen LogP contribution in [-0.4, -0.2) is 14.5 Å². The molecule has 10 rings (SSSR count). The second-order valence-corrected chi connectivity index (χ2v) is 13.0. The van der Waals surface area contributed by atoms with Crippen LogP contribution in [0.5, 0.6) is 0 Å². The third-order valence-electron chi connectivity index (χ3n) is 9.99. The van der Waals surface area contributed by atoms with Gasteiger partial charge in [0.2, 0.25) is 0 Å². The molecule has 0 unspecified atom stereocenters. The fourth-order valence-electron chi connectivity index (χ4n) is 7.78. The number of rotatable bonds is 3. The van der Waals surface area contributed by atoms with Crippen molar-refractivity contribution in [3.05, 3.63) is 151 Å². The van der Waals surface area contributed by atoms with Crippen LogP contribution >= 0.6 is 0 Å². The van der Waals surface area contributed by atoms with Crippen LogP contribution in [0.25, 0.3) is 83.3 Å². The summed E-state index contributed by atoms with van der Waals surface area (Å²) in [5.74, 6) is 0.732. The quantitative estimate of drug-likeness (QED) is 0.202. The summed E-state index contributed by atoms with van der Waals surface area (Å²) in [6.45, 7) is 4.57. The molecule has 6 aromatic carbocycles. The third-order valence-corrected chi connectivity index (χ3v) is 9.99. The molecule has 222 valence electrons. The number of para-hydroxylation sites is 2. The predicted octanol–water partition coefficient (Wildman–Crippen LogP) is 11.1. The Morgan fingerprint density at radius 3 is 2.09 bits per heavy atom. The second kappa shape index (κ2) is 9.51. The topological polar surface area (TPSA) is 43.9 Å². The Hall–Kier alpha value is -6.00. The average Bonchev–Trinajstić information content (AvgIpc) is 3.72. The molecule has 3 aromatic heterocycles. The lowest BCUT2D eigenvalue weighted by atomic mass is 9.81. The normalized spacial score (nSPS) is 13.5. The van der Waals surface area contributed by atoms with Gasteiger partial charge in [-0.2, -0.15) is 0 Å². The first-order valence-electron chi connectivity index (χ1n) is 16.1. The van der Waals surface area contributed by atoms with Gasteiger partial charge < -0.3 is 8.98 Å². The lowest BCUT2D eigenvalue weighted by Gasteiger charge is -2.23. The van der Waals surface area contributed by atoms with Gasteiger partial charge in [-0.3, -0.25) is 0 Å². The number of fused-ring (bicyclic) bond motifs is 9. The summed E-state index contributed by atoms with van der Waals surface area (Å²) in [7, 11) is 0. The van der Waals surface area contributed by atoms with Crippen LogP contribution in [0.3, 0.4) is 0 Å². The van der Waals surface area contributed by atoms with Crippen molar-refractivity contribution in [3.63, 3.8) is 0 Å². The highest BCUT2D eigenvalue weighted by Gasteiger charge is 2.39. The Morgan fingerprint density at radius 1 is 0.532 bits per heavy atom. The molecule has 0 spiro atoms. The molecule has 47 heavy (non-hydrogen) atoms. The molecule has 1 aliphatic carbocycles. The molecule has 0 fully saturated rings. The zero-order valence-corrected chi connectivity index (χ0v) is 26.0. The molecule has 0 bridgehead atoms. The van der Waals surface area contributed by atoms with Crippen molar-refractivity contribution >= 4 is 43.7 Å². The summed E-state index contributed by atoms with van der Waals surface area (Å²) >= 11 is 0. The third kappa shape index (κ3) is 3.70. The average molecular weight is 604 g/mol. The minimum atomic E-state index is -0.207. The van der Waals surface area contributed by atoms with Gasteiger partial charge in [-0.15, -0.1) is 0 Å². The maximum atomic E-state index is 6.27. The molecular formula is C43H29N3O. The molecule has 4 heteroatoms. The summed E-state index contributed by atoms with van der Waals surface area (Å²) in [6, 6.07) is 49.2. The SMILES string of the molecule is CC1(C)c2ccccc2-c2nc(-c3ccc(-n4c5ccccc5c5cc6oc7ccccc7c6cc54)cc3)nc(-c3ccccc3)c21. The maximum absolute atomic E-state index is 6.27. The van der Waals surface area contributed by atoms with Crippen LogP contribution in [0.1, 0.15) is 25.0 Å². The number of hydrogen-bond donors (Lipinski definition) is 0. The Kier molecular flexibility index (Phi) is 5.31. The predicted molar refractivity (Wildman–Crippen MR) is 192 cm³/mol. The highest BCUT2D eigenvalue weighted by molar-refractivity contribution is 6.17. The Bertz CT molecular complexity index is 2700. The van der Waals surface area contributed by atoms with Gasteiger partial charge in [0.15, 0.2) is 5.82 Å². The van der Waals surface area contributed by atoms with E-state index < -0.39 is 0 Å². The van der Waals surface area contributed by atoms with Gasteiger partial charge in [-0.05, 0) is 54.1 Å². The van der Waals surface area contributed by atoms with Crippen molar-refractivity contribution in [2.45, 2.75) is 19.3 Å². The smallest absolute Gasteiger partial charge is 0.160 e. The van der Waals surface area contributed by atoms with E-state index in [-0.39, 0.29) is 5.41 Å². The van der Waals surface area contributed by atoms with E-state index >= 15 is 0 Å². The number of benzene rings is 6. The lowest BCUT2D eigenvalue weighted by Crippen LogP contribution is -2.17. The minimum Gasteiger partial charge on any atom is -0.456 e. The Morgan fingerprint density at radius 2 is 1.23 bits per heavy atom. The van der Waals surface area contributed by atoms with Crippen molar-refractivity contribution in [3.8, 4) is 39.6 Å². The molecule has 3 heterocycles. The van der Waals surface area contributed by atoms with E-state index in [0.29, 0.717) is 0 Å². The zero-order valence-electron chi connectivity index (χ0n) is 26.0. The molecule has 9 aromatic rings. The van der Waals surface area contributed by atoms with E-state index in [9.17, 15) is 0 Å². The molecule has 0 saturated carbocycles. The number of hydrogen-bond acceptors (Lipinski definition) is 3. The van der Waals surface area contributed by atoms with Crippen molar-refractivity contribution in [2.75, 3.05) is 0 Å². The largest absolute Gasteiger partial charge is 0.456 e. The van der Waals surface area contributed by atoms with Crippen molar-refractivity contribution in [1.82, 2.24) is 14.5 Å². The molecule has 1 aliphatic rings. The highest BCUT2D eigenvalue weighted by Crippen LogP contribution is 2.51. The molecule has 0 atom stereocenters. The molecule has 0 radical (unpaired) electrons. The molecule has 4 nitrogen and oxygen atoms in total. The maximum Gasteiger partial charge on any atom is 0.160 e. The van der Waals surface area contributed by atoms with Crippen LogP contribution in [0.15, 0.2) is 144 Å². The van der Waals surface area contributed by atoms with Crippen molar-refractivity contribution in [2.24, 2.45) is 0 Å². The monoisotopic (exact) mass is 603 g/mol. The summed E-state index contributed by atoms with van der Waals surface area (Å²) in [5, 5.41) is 4.62.